The molecule has 0 bridgehead atoms. The molecule has 2 aromatic rings. The van der Waals surface area contributed by atoms with Crippen LogP contribution in [-0.4, -0.2) is 28.1 Å². The van der Waals surface area contributed by atoms with Crippen molar-refractivity contribution in [3.05, 3.63) is 23.0 Å². The van der Waals surface area contributed by atoms with E-state index >= 15 is 0 Å². The van der Waals surface area contributed by atoms with Gasteiger partial charge in [0, 0.05) is 12.2 Å². The lowest BCUT2D eigenvalue weighted by atomic mass is 9.94. The number of aryl methyl sites for hydroxylation is 1. The molecule has 6 nitrogen and oxygen atoms in total. The Hall–Kier alpha value is -1.95. The highest BCUT2D eigenvalue weighted by Crippen LogP contribution is 2.39. The Kier molecular flexibility index (Phi) is 3.88. The molecule has 1 aliphatic rings. The van der Waals surface area contributed by atoms with Crippen molar-refractivity contribution in [2.24, 2.45) is 11.7 Å². The van der Waals surface area contributed by atoms with Crippen molar-refractivity contribution in [3.8, 4) is 0 Å². The van der Waals surface area contributed by atoms with Gasteiger partial charge in [0.25, 0.3) is 11.6 Å². The van der Waals surface area contributed by atoms with Crippen LogP contribution in [0.1, 0.15) is 61.3 Å². The average Bonchev–Trinajstić information content (AvgIpc) is 3.27. The maximum atomic E-state index is 12.9. The van der Waals surface area contributed by atoms with Gasteiger partial charge in [-0.2, -0.15) is 0 Å². The van der Waals surface area contributed by atoms with Gasteiger partial charge in [-0.1, -0.05) is 19.0 Å². The van der Waals surface area contributed by atoms with E-state index in [0.717, 1.165) is 24.2 Å². The van der Waals surface area contributed by atoms with Crippen LogP contribution in [0.4, 0.5) is 0 Å². The second-order valence-electron chi connectivity index (χ2n) is 7.06. The van der Waals surface area contributed by atoms with Crippen LogP contribution in [0.15, 0.2) is 10.6 Å². The quantitative estimate of drug-likeness (QED) is 0.884. The molecule has 1 unspecified atom stereocenters. The number of pyridine rings is 1. The minimum absolute atomic E-state index is 0.134. The van der Waals surface area contributed by atoms with Gasteiger partial charge in [-0.3, -0.25) is 4.79 Å². The topological polar surface area (TPSA) is 94.0 Å². The number of hydrogen-bond acceptors (Lipinski definition) is 5. The van der Waals surface area contributed by atoms with Gasteiger partial charge in [0.2, 0.25) is 0 Å². The minimum Gasteiger partial charge on any atom is -0.345 e. The molecular formula is C17H24N4O2. The van der Waals surface area contributed by atoms with E-state index in [1.54, 1.807) is 6.07 Å². The molecule has 3 rings (SSSR count). The highest BCUT2D eigenvalue weighted by molar-refractivity contribution is 6.06. The fourth-order valence-electron chi connectivity index (χ4n) is 3.04. The zero-order valence-corrected chi connectivity index (χ0v) is 14.1. The summed E-state index contributed by atoms with van der Waals surface area (Å²) in [4.78, 5) is 17.3. The SMILES string of the molecule is Cc1cc(C(=O)NC(C)(CN)C2CC2)c2c(C(C)C)noc2n1. The van der Waals surface area contributed by atoms with Crippen LogP contribution >= 0.6 is 0 Å². The smallest absolute Gasteiger partial charge is 0.259 e. The van der Waals surface area contributed by atoms with E-state index in [4.69, 9.17) is 10.3 Å². The first kappa shape index (κ1) is 15.9. The number of rotatable bonds is 5. The zero-order valence-electron chi connectivity index (χ0n) is 14.1. The largest absolute Gasteiger partial charge is 0.345 e. The number of carbonyl (C=O) groups excluding carboxylic acids is 1. The van der Waals surface area contributed by atoms with Gasteiger partial charge in [0.1, 0.15) is 0 Å². The predicted octanol–water partition coefficient (Wildman–Crippen LogP) is 2.51. The molecule has 0 aliphatic heterocycles. The Balaban J connectivity index is 2.04. The molecule has 1 fully saturated rings. The molecule has 2 heterocycles. The summed E-state index contributed by atoms with van der Waals surface area (Å²) in [7, 11) is 0. The first-order chi connectivity index (χ1) is 10.9. The summed E-state index contributed by atoms with van der Waals surface area (Å²) in [5.41, 5.74) is 8.03. The van der Waals surface area contributed by atoms with Crippen molar-refractivity contribution in [1.29, 1.82) is 0 Å². The van der Waals surface area contributed by atoms with E-state index in [-0.39, 0.29) is 17.4 Å². The molecule has 3 N–H and O–H groups in total. The Bertz CT molecular complexity index is 748. The molecule has 0 saturated heterocycles. The van der Waals surface area contributed by atoms with Gasteiger partial charge in [0.05, 0.1) is 22.2 Å². The Morgan fingerprint density at radius 1 is 1.52 bits per heavy atom. The summed E-state index contributed by atoms with van der Waals surface area (Å²) in [6, 6.07) is 1.80. The van der Waals surface area contributed by atoms with E-state index in [0.29, 0.717) is 29.1 Å². The molecule has 2 aromatic heterocycles. The van der Waals surface area contributed by atoms with Crippen LogP contribution < -0.4 is 11.1 Å². The molecule has 1 atom stereocenters. The zero-order chi connectivity index (χ0) is 16.8. The van der Waals surface area contributed by atoms with Gasteiger partial charge in [0.15, 0.2) is 0 Å². The maximum absolute atomic E-state index is 12.9. The van der Waals surface area contributed by atoms with E-state index < -0.39 is 0 Å². The van der Waals surface area contributed by atoms with Gasteiger partial charge >= 0.3 is 0 Å². The summed E-state index contributed by atoms with van der Waals surface area (Å²) in [6.45, 7) is 8.33. The molecule has 6 heteroatoms. The van der Waals surface area contributed by atoms with Crippen LogP contribution in [-0.2, 0) is 0 Å². The van der Waals surface area contributed by atoms with Crippen LogP contribution in [0.25, 0.3) is 11.1 Å². The van der Waals surface area contributed by atoms with E-state index in [9.17, 15) is 4.79 Å². The predicted molar refractivity (Wildman–Crippen MR) is 88.3 cm³/mol. The Morgan fingerprint density at radius 2 is 2.22 bits per heavy atom. The number of hydrogen-bond donors (Lipinski definition) is 2. The van der Waals surface area contributed by atoms with Gasteiger partial charge in [-0.05, 0) is 44.6 Å². The van der Waals surface area contributed by atoms with Gasteiger partial charge < -0.3 is 15.6 Å². The summed E-state index contributed by atoms with van der Waals surface area (Å²) in [5.74, 6) is 0.476. The molecular weight excluding hydrogens is 292 g/mol. The summed E-state index contributed by atoms with van der Waals surface area (Å²) >= 11 is 0. The number of nitrogens with zero attached hydrogens (tertiary/aromatic N) is 2. The fraction of sp³-hybridized carbons (Fsp3) is 0.588. The second-order valence-corrected chi connectivity index (χ2v) is 7.06. The van der Waals surface area contributed by atoms with Crippen molar-refractivity contribution in [2.45, 2.75) is 52.0 Å². The molecule has 1 amide bonds. The number of nitrogens with one attached hydrogen (secondary N) is 1. The lowest BCUT2D eigenvalue weighted by Gasteiger charge is -2.29. The van der Waals surface area contributed by atoms with Crippen molar-refractivity contribution in [3.63, 3.8) is 0 Å². The fourth-order valence-corrected chi connectivity index (χ4v) is 3.04. The summed E-state index contributed by atoms with van der Waals surface area (Å²) < 4.78 is 5.33. The number of aromatic nitrogens is 2. The lowest BCUT2D eigenvalue weighted by Crippen LogP contribution is -2.53. The molecule has 1 saturated carbocycles. The van der Waals surface area contributed by atoms with E-state index in [1.165, 1.54) is 0 Å². The third-order valence-corrected chi connectivity index (χ3v) is 4.69. The first-order valence-corrected chi connectivity index (χ1v) is 8.15. The summed E-state index contributed by atoms with van der Waals surface area (Å²) in [6.07, 6.45) is 2.23. The van der Waals surface area contributed by atoms with Crippen LogP contribution in [0, 0.1) is 12.8 Å². The Labute approximate surface area is 135 Å². The molecule has 23 heavy (non-hydrogen) atoms. The number of fused-ring (bicyclic) bond motifs is 1. The Morgan fingerprint density at radius 3 is 2.78 bits per heavy atom. The highest BCUT2D eigenvalue weighted by atomic mass is 16.5. The van der Waals surface area contributed by atoms with Crippen molar-refractivity contribution >= 4 is 17.0 Å². The third kappa shape index (κ3) is 2.83. The standard InChI is InChI=1S/C17H24N4O2/c1-9(2)14-13-12(7-10(3)19-16(13)23-21-14)15(22)20-17(4,8-18)11-5-6-11/h7,9,11H,5-6,8,18H2,1-4H3,(H,20,22). The van der Waals surface area contributed by atoms with Crippen LogP contribution in [0.5, 0.6) is 0 Å². The van der Waals surface area contributed by atoms with Crippen LogP contribution in [0.2, 0.25) is 0 Å². The minimum atomic E-state index is -0.365. The molecule has 124 valence electrons. The van der Waals surface area contributed by atoms with Crippen molar-refractivity contribution in [2.75, 3.05) is 6.54 Å². The van der Waals surface area contributed by atoms with Crippen LogP contribution in [0.3, 0.4) is 0 Å². The summed E-state index contributed by atoms with van der Waals surface area (Å²) in [5, 5.41) is 7.94. The monoisotopic (exact) mass is 316 g/mol. The number of carbonyl (C=O) groups is 1. The maximum Gasteiger partial charge on any atom is 0.259 e. The van der Waals surface area contributed by atoms with Gasteiger partial charge in [-0.15, -0.1) is 0 Å². The molecule has 0 spiro atoms. The van der Waals surface area contributed by atoms with E-state index in [2.05, 4.69) is 15.5 Å². The van der Waals surface area contributed by atoms with Crippen molar-refractivity contribution < 1.29 is 9.32 Å². The third-order valence-electron chi connectivity index (χ3n) is 4.69. The van der Waals surface area contributed by atoms with Gasteiger partial charge in [-0.25, -0.2) is 4.98 Å². The first-order valence-electron chi connectivity index (χ1n) is 8.15. The second kappa shape index (κ2) is 5.60. The lowest BCUT2D eigenvalue weighted by molar-refractivity contribution is 0.0899. The van der Waals surface area contributed by atoms with Crippen molar-refractivity contribution in [1.82, 2.24) is 15.5 Å². The van der Waals surface area contributed by atoms with E-state index in [1.807, 2.05) is 27.7 Å². The molecule has 1 aliphatic carbocycles. The number of amides is 1. The highest BCUT2D eigenvalue weighted by Gasteiger charge is 2.42. The number of nitrogens with two attached hydrogens (primary N) is 1. The normalized spacial score (nSPS) is 17.5. The average molecular weight is 316 g/mol. The molecule has 0 aromatic carbocycles. The molecule has 0 radical (unpaired) electrons.